The second-order valence-electron chi connectivity index (χ2n) is 10.2. The van der Waals surface area contributed by atoms with Crippen molar-refractivity contribution < 1.29 is 22.7 Å². The molecule has 0 radical (unpaired) electrons. The Morgan fingerprint density at radius 2 is 1.46 bits per heavy atom. The number of aromatic hydroxyl groups is 1. The monoisotopic (exact) mass is 571 g/mol. The van der Waals surface area contributed by atoms with Crippen molar-refractivity contribution in [2.75, 3.05) is 0 Å². The molecule has 0 unspecified atom stereocenters. The van der Waals surface area contributed by atoms with Gasteiger partial charge in [-0.1, -0.05) is 60.3 Å². The van der Waals surface area contributed by atoms with E-state index in [1.807, 2.05) is 0 Å². The van der Waals surface area contributed by atoms with Crippen molar-refractivity contribution in [3.05, 3.63) is 98.9 Å². The summed E-state index contributed by atoms with van der Waals surface area (Å²) >= 11 is 12.7. The van der Waals surface area contributed by atoms with Crippen molar-refractivity contribution in [2.24, 2.45) is 0 Å². The lowest BCUT2D eigenvalue weighted by Gasteiger charge is -2.24. The molecular weight excluding hydrogens is 549 g/mol. The zero-order valence-electron chi connectivity index (χ0n) is 20.6. The van der Waals surface area contributed by atoms with E-state index in [9.17, 15) is 22.7 Å². The molecule has 3 aromatic rings. The first-order valence-corrected chi connectivity index (χ1v) is 13.5. The number of aromatic amines is 1. The van der Waals surface area contributed by atoms with Gasteiger partial charge in [-0.3, -0.25) is 0 Å². The first-order chi connectivity index (χ1) is 18.6. The molecule has 200 valence electrons. The highest BCUT2D eigenvalue weighted by atomic mass is 35.5. The van der Waals surface area contributed by atoms with Crippen molar-refractivity contribution in [1.29, 1.82) is 0 Å². The van der Waals surface area contributed by atoms with Gasteiger partial charge in [-0.15, -0.1) is 0 Å². The second-order valence-corrected chi connectivity index (χ2v) is 11.0. The molecule has 6 rings (SSSR count). The van der Waals surface area contributed by atoms with Crippen LogP contribution in [-0.2, 0) is 12.6 Å². The zero-order chi connectivity index (χ0) is 27.5. The minimum Gasteiger partial charge on any atom is -0.507 e. The molecule has 0 aromatic heterocycles. The fourth-order valence-corrected chi connectivity index (χ4v) is 6.23. The molecule has 3 aliphatic rings. The van der Waals surface area contributed by atoms with Gasteiger partial charge in [-0.25, -0.2) is 4.39 Å². The van der Waals surface area contributed by atoms with E-state index in [1.54, 1.807) is 24.3 Å². The van der Waals surface area contributed by atoms with Crippen molar-refractivity contribution in [1.82, 2.24) is 4.98 Å². The number of halogens is 6. The average Bonchev–Trinajstić information content (AvgIpc) is 3.52. The fourth-order valence-electron chi connectivity index (χ4n) is 5.90. The first kappa shape index (κ1) is 26.0. The highest BCUT2D eigenvalue weighted by molar-refractivity contribution is 6.43. The van der Waals surface area contributed by atoms with Crippen LogP contribution in [0.2, 0.25) is 10.0 Å². The average molecular weight is 572 g/mol. The van der Waals surface area contributed by atoms with E-state index in [2.05, 4.69) is 4.98 Å². The zero-order valence-corrected chi connectivity index (χ0v) is 22.1. The fraction of sp³-hybridized carbons (Fsp3) is 0.226. The van der Waals surface area contributed by atoms with Crippen LogP contribution in [0.25, 0.3) is 33.2 Å². The maximum Gasteiger partial charge on any atom is 0.416 e. The summed E-state index contributed by atoms with van der Waals surface area (Å²) in [7, 11) is 0. The smallest absolute Gasteiger partial charge is 0.416 e. The van der Waals surface area contributed by atoms with Gasteiger partial charge in [0, 0.05) is 27.6 Å². The Bertz CT molecular complexity index is 1650. The lowest BCUT2D eigenvalue weighted by Crippen LogP contribution is -2.09. The lowest BCUT2D eigenvalue weighted by atomic mass is 9.85. The largest absolute Gasteiger partial charge is 0.507 e. The number of benzene rings is 3. The molecule has 1 saturated carbocycles. The van der Waals surface area contributed by atoms with E-state index in [1.165, 1.54) is 24.3 Å². The first-order valence-electron chi connectivity index (χ1n) is 12.7. The Labute approximate surface area is 232 Å². The summed E-state index contributed by atoms with van der Waals surface area (Å²) in [5.74, 6) is -0.179. The molecule has 0 saturated heterocycles. The van der Waals surface area contributed by atoms with E-state index in [0.29, 0.717) is 55.2 Å². The van der Waals surface area contributed by atoms with Gasteiger partial charge in [0.2, 0.25) is 0 Å². The summed E-state index contributed by atoms with van der Waals surface area (Å²) in [6, 6.07) is 14.5. The van der Waals surface area contributed by atoms with Crippen molar-refractivity contribution in [3.8, 4) is 28.1 Å². The summed E-state index contributed by atoms with van der Waals surface area (Å²) in [6.07, 6.45) is -0.0494. The second kappa shape index (κ2) is 9.76. The lowest BCUT2D eigenvalue weighted by molar-refractivity contribution is -0.137. The van der Waals surface area contributed by atoms with Crippen LogP contribution in [0.5, 0.6) is 5.75 Å². The van der Waals surface area contributed by atoms with Gasteiger partial charge in [0.15, 0.2) is 0 Å². The number of fused-ring (bicyclic) bond motifs is 3. The third-order valence-corrected chi connectivity index (χ3v) is 8.49. The normalized spacial score (nSPS) is 14.6. The molecule has 0 spiro atoms. The molecule has 3 aromatic carbocycles. The predicted molar refractivity (Wildman–Crippen MR) is 147 cm³/mol. The van der Waals surface area contributed by atoms with Crippen LogP contribution in [-0.4, -0.2) is 10.1 Å². The van der Waals surface area contributed by atoms with Crippen LogP contribution in [0.3, 0.4) is 0 Å². The topological polar surface area (TPSA) is 36.0 Å². The van der Waals surface area contributed by atoms with Crippen LogP contribution in [0.1, 0.15) is 54.0 Å². The number of alkyl halides is 3. The Kier molecular flexibility index (Phi) is 6.51. The minimum atomic E-state index is -4.43. The van der Waals surface area contributed by atoms with Gasteiger partial charge in [0.1, 0.15) is 11.6 Å². The molecule has 2 aliphatic carbocycles. The Morgan fingerprint density at radius 1 is 0.846 bits per heavy atom. The van der Waals surface area contributed by atoms with Gasteiger partial charge in [0.05, 0.1) is 21.3 Å². The quantitative estimate of drug-likeness (QED) is 0.207. The van der Waals surface area contributed by atoms with E-state index in [-0.39, 0.29) is 11.7 Å². The van der Waals surface area contributed by atoms with Gasteiger partial charge in [0.25, 0.3) is 0 Å². The third kappa shape index (κ3) is 4.64. The SMILES string of the molecule is Oc1c2c(-c3ccc(F)cc3)c(Cc3ccc(C(F)(F)F)cc3)c(C3CCCC3)[nH]c-2c2cc(Cl)c(Cl)cc12. The van der Waals surface area contributed by atoms with Crippen LogP contribution in [0.4, 0.5) is 17.6 Å². The highest BCUT2D eigenvalue weighted by Crippen LogP contribution is 2.53. The van der Waals surface area contributed by atoms with Crippen LogP contribution in [0.15, 0.2) is 60.7 Å². The maximum atomic E-state index is 14.0. The maximum absolute atomic E-state index is 14.0. The van der Waals surface area contributed by atoms with Crippen LogP contribution >= 0.6 is 23.2 Å². The number of aromatic nitrogens is 1. The molecule has 2 N–H and O–H groups in total. The Hall–Kier alpha value is -3.22. The summed E-state index contributed by atoms with van der Waals surface area (Å²) in [5, 5.41) is 13.4. The number of pyridine rings is 1. The molecule has 8 heteroatoms. The van der Waals surface area contributed by atoms with Crippen molar-refractivity contribution in [3.63, 3.8) is 0 Å². The van der Waals surface area contributed by atoms with Crippen LogP contribution < -0.4 is 0 Å². The van der Waals surface area contributed by atoms with Gasteiger partial charge in [-0.2, -0.15) is 13.2 Å². The molecule has 0 amide bonds. The van der Waals surface area contributed by atoms with Crippen molar-refractivity contribution in [2.45, 2.75) is 44.2 Å². The Morgan fingerprint density at radius 3 is 2.08 bits per heavy atom. The molecule has 1 aliphatic heterocycles. The summed E-state index contributed by atoms with van der Waals surface area (Å²) < 4.78 is 53.7. The predicted octanol–water partition coefficient (Wildman–Crippen LogP) is 10.4. The minimum absolute atomic E-state index is 0.0146. The van der Waals surface area contributed by atoms with Gasteiger partial charge >= 0.3 is 6.18 Å². The van der Waals surface area contributed by atoms with Gasteiger partial charge < -0.3 is 10.1 Å². The third-order valence-electron chi connectivity index (χ3n) is 7.77. The Balaban J connectivity index is 1.67. The summed E-state index contributed by atoms with van der Waals surface area (Å²) in [4.78, 5) is 3.61. The standard InChI is InChI=1S/C31H23Cl2F4NO/c32-24-14-21-22(15-25(24)33)30(39)27-26(17-7-11-20(34)12-8-17)23(28(38-29(21)27)18-3-1-2-4-18)13-16-5-9-19(10-6-16)31(35,36)37/h5-12,14-15,18,38-39H,1-4,13H2. The molecule has 0 bridgehead atoms. The van der Waals surface area contributed by atoms with E-state index in [0.717, 1.165) is 49.1 Å². The molecule has 2 nitrogen and oxygen atoms in total. The number of hydrogen-bond acceptors (Lipinski definition) is 1. The van der Waals surface area contributed by atoms with Gasteiger partial charge in [-0.05, 0) is 78.3 Å². The molecular formula is C31H23Cl2F4NO. The summed E-state index contributed by atoms with van der Waals surface area (Å²) in [5.41, 5.74) is 4.46. The summed E-state index contributed by atoms with van der Waals surface area (Å²) in [6.45, 7) is 0. The van der Waals surface area contributed by atoms with E-state index < -0.39 is 17.6 Å². The molecule has 39 heavy (non-hydrogen) atoms. The number of nitrogens with one attached hydrogen (secondary N) is 1. The van der Waals surface area contributed by atoms with E-state index in [4.69, 9.17) is 23.2 Å². The van der Waals surface area contributed by atoms with E-state index >= 15 is 0 Å². The van der Waals surface area contributed by atoms with Crippen LogP contribution in [0, 0.1) is 5.82 Å². The molecule has 1 fully saturated rings. The highest BCUT2D eigenvalue weighted by Gasteiger charge is 2.32. The van der Waals surface area contributed by atoms with Crippen molar-refractivity contribution >= 4 is 34.0 Å². The number of hydrogen-bond donors (Lipinski definition) is 2. The number of H-pyrrole nitrogens is 1. The number of rotatable bonds is 4. The molecule has 1 heterocycles. The molecule has 0 atom stereocenters.